The SMILES string of the molecule is CCCCOC(=O)CN1C(=O)C(C)(C)S1(=O)=O. The summed E-state index contributed by atoms with van der Waals surface area (Å²) in [6.45, 7) is 4.32. The summed E-state index contributed by atoms with van der Waals surface area (Å²) < 4.78 is 27.2. The molecule has 0 N–H and O–H groups in total. The first-order chi connectivity index (χ1) is 7.75. The van der Waals surface area contributed by atoms with Gasteiger partial charge in [-0.25, -0.2) is 12.7 Å². The molecular weight excluding hydrogens is 246 g/mol. The molecule has 1 saturated heterocycles. The zero-order chi connectivity index (χ0) is 13.3. The highest BCUT2D eigenvalue weighted by Crippen LogP contribution is 2.34. The number of carbonyl (C=O) groups excluding carboxylic acids is 2. The van der Waals surface area contributed by atoms with Gasteiger partial charge in [-0.15, -0.1) is 0 Å². The summed E-state index contributed by atoms with van der Waals surface area (Å²) in [6, 6.07) is 0. The maximum atomic E-state index is 11.6. The molecule has 0 saturated carbocycles. The quantitative estimate of drug-likeness (QED) is 0.525. The first-order valence-corrected chi connectivity index (χ1v) is 6.91. The van der Waals surface area contributed by atoms with Crippen LogP contribution in [-0.2, 0) is 24.3 Å². The van der Waals surface area contributed by atoms with Crippen molar-refractivity contribution in [2.75, 3.05) is 13.2 Å². The molecule has 6 nitrogen and oxygen atoms in total. The molecule has 1 aliphatic heterocycles. The molecule has 0 aromatic heterocycles. The molecule has 0 aromatic carbocycles. The van der Waals surface area contributed by atoms with Crippen LogP contribution in [0.3, 0.4) is 0 Å². The van der Waals surface area contributed by atoms with Crippen LogP contribution in [-0.4, -0.2) is 42.5 Å². The fourth-order valence-corrected chi connectivity index (χ4v) is 2.88. The fourth-order valence-electron chi connectivity index (χ4n) is 1.41. The standard InChI is InChI=1S/C10H17NO5S/c1-4-5-6-16-8(12)7-11-9(13)10(2,3)17(11,14)15/h4-7H2,1-3H3. The molecule has 1 amide bonds. The first-order valence-electron chi connectivity index (χ1n) is 5.47. The van der Waals surface area contributed by atoms with Crippen molar-refractivity contribution < 1.29 is 22.7 Å². The fraction of sp³-hybridized carbons (Fsp3) is 0.800. The van der Waals surface area contributed by atoms with Gasteiger partial charge in [0.2, 0.25) is 0 Å². The van der Waals surface area contributed by atoms with Crippen molar-refractivity contribution >= 4 is 21.9 Å². The molecule has 1 fully saturated rings. The third kappa shape index (κ3) is 2.29. The van der Waals surface area contributed by atoms with Crippen molar-refractivity contribution in [2.45, 2.75) is 38.4 Å². The van der Waals surface area contributed by atoms with Crippen LogP contribution in [0.4, 0.5) is 0 Å². The molecule has 1 rings (SSSR count). The Morgan fingerprint density at radius 2 is 2.00 bits per heavy atom. The van der Waals surface area contributed by atoms with Gasteiger partial charge in [-0.3, -0.25) is 9.59 Å². The molecule has 0 radical (unpaired) electrons. The van der Waals surface area contributed by atoms with E-state index in [0.29, 0.717) is 4.31 Å². The van der Waals surface area contributed by atoms with Gasteiger partial charge in [0.05, 0.1) is 6.61 Å². The van der Waals surface area contributed by atoms with Gasteiger partial charge in [-0.2, -0.15) is 0 Å². The minimum atomic E-state index is -3.69. The van der Waals surface area contributed by atoms with Crippen LogP contribution in [0.25, 0.3) is 0 Å². The second kappa shape index (κ2) is 4.64. The van der Waals surface area contributed by atoms with E-state index in [9.17, 15) is 18.0 Å². The molecule has 1 heterocycles. The molecule has 0 unspecified atom stereocenters. The predicted octanol–water partition coefficient (Wildman–Crippen LogP) is 0.280. The number of hydrogen-bond acceptors (Lipinski definition) is 5. The highest BCUT2D eigenvalue weighted by atomic mass is 32.2. The van der Waals surface area contributed by atoms with Crippen LogP contribution in [0.2, 0.25) is 0 Å². The van der Waals surface area contributed by atoms with E-state index in [0.717, 1.165) is 12.8 Å². The van der Waals surface area contributed by atoms with Crippen LogP contribution in [0.5, 0.6) is 0 Å². The number of nitrogens with zero attached hydrogens (tertiary/aromatic N) is 1. The van der Waals surface area contributed by atoms with Gasteiger partial charge in [0.1, 0.15) is 6.54 Å². The number of hydrogen-bond donors (Lipinski definition) is 0. The lowest BCUT2D eigenvalue weighted by molar-refractivity contribution is -0.148. The van der Waals surface area contributed by atoms with Gasteiger partial charge < -0.3 is 4.74 Å². The van der Waals surface area contributed by atoms with Crippen molar-refractivity contribution in [1.29, 1.82) is 0 Å². The zero-order valence-electron chi connectivity index (χ0n) is 10.2. The average molecular weight is 263 g/mol. The van der Waals surface area contributed by atoms with Crippen molar-refractivity contribution in [2.24, 2.45) is 0 Å². The Labute approximate surface area is 101 Å². The number of esters is 1. The van der Waals surface area contributed by atoms with E-state index >= 15 is 0 Å². The molecule has 1 aliphatic rings. The highest BCUT2D eigenvalue weighted by molar-refractivity contribution is 7.94. The van der Waals surface area contributed by atoms with Gasteiger partial charge >= 0.3 is 5.97 Å². The second-order valence-electron chi connectivity index (χ2n) is 4.40. The van der Waals surface area contributed by atoms with Crippen LogP contribution < -0.4 is 0 Å². The minimum Gasteiger partial charge on any atom is -0.464 e. The van der Waals surface area contributed by atoms with Gasteiger partial charge in [-0.05, 0) is 20.3 Å². The lowest BCUT2D eigenvalue weighted by Gasteiger charge is -2.42. The number of sulfonamides is 1. The van der Waals surface area contributed by atoms with E-state index in [1.54, 1.807) is 0 Å². The zero-order valence-corrected chi connectivity index (χ0v) is 11.0. The maximum Gasteiger partial charge on any atom is 0.326 e. The Bertz CT molecular complexity index is 426. The lowest BCUT2D eigenvalue weighted by Crippen LogP contribution is -2.68. The summed E-state index contributed by atoms with van der Waals surface area (Å²) in [6.07, 6.45) is 1.60. The van der Waals surface area contributed by atoms with Crippen molar-refractivity contribution in [3.63, 3.8) is 0 Å². The molecule has 0 aromatic rings. The van der Waals surface area contributed by atoms with Crippen LogP contribution in [0.1, 0.15) is 33.6 Å². The largest absolute Gasteiger partial charge is 0.464 e. The summed E-state index contributed by atoms with van der Waals surface area (Å²) in [4.78, 5) is 22.8. The first kappa shape index (κ1) is 14.0. The van der Waals surface area contributed by atoms with E-state index in [2.05, 4.69) is 0 Å². The molecule has 17 heavy (non-hydrogen) atoms. The average Bonchev–Trinajstić information content (AvgIpc) is 2.25. The molecule has 0 aliphatic carbocycles. The monoisotopic (exact) mass is 263 g/mol. The molecule has 98 valence electrons. The topological polar surface area (TPSA) is 80.8 Å². The third-order valence-corrected chi connectivity index (χ3v) is 5.05. The molecular formula is C10H17NO5S. The van der Waals surface area contributed by atoms with E-state index in [1.165, 1.54) is 13.8 Å². The Morgan fingerprint density at radius 3 is 2.47 bits per heavy atom. The Hall–Kier alpha value is -1.11. The number of ether oxygens (including phenoxy) is 1. The number of amides is 1. The van der Waals surface area contributed by atoms with Crippen LogP contribution in [0.15, 0.2) is 0 Å². The van der Waals surface area contributed by atoms with Crippen molar-refractivity contribution in [3.8, 4) is 0 Å². The van der Waals surface area contributed by atoms with Gasteiger partial charge in [0.15, 0.2) is 4.75 Å². The summed E-state index contributed by atoms with van der Waals surface area (Å²) in [5.41, 5.74) is 0. The van der Waals surface area contributed by atoms with Crippen molar-refractivity contribution in [3.05, 3.63) is 0 Å². The van der Waals surface area contributed by atoms with E-state index in [-0.39, 0.29) is 6.61 Å². The highest BCUT2D eigenvalue weighted by Gasteiger charge is 2.60. The Morgan fingerprint density at radius 1 is 1.41 bits per heavy atom. The molecule has 0 bridgehead atoms. The summed E-state index contributed by atoms with van der Waals surface area (Å²) in [5.74, 6) is -1.25. The van der Waals surface area contributed by atoms with Crippen molar-refractivity contribution in [1.82, 2.24) is 4.31 Å². The molecule has 0 spiro atoms. The van der Waals surface area contributed by atoms with Gasteiger partial charge in [-0.1, -0.05) is 13.3 Å². The molecule has 7 heteroatoms. The Kier molecular flexibility index (Phi) is 3.81. The lowest BCUT2D eigenvalue weighted by atomic mass is 10.2. The number of carbonyl (C=O) groups is 2. The smallest absolute Gasteiger partial charge is 0.326 e. The number of unbranched alkanes of at least 4 members (excludes halogenated alkanes) is 1. The number of rotatable bonds is 5. The summed E-state index contributed by atoms with van der Waals surface area (Å²) >= 11 is 0. The predicted molar refractivity (Wildman–Crippen MR) is 60.6 cm³/mol. The van der Waals surface area contributed by atoms with Gasteiger partial charge in [0.25, 0.3) is 15.9 Å². The van der Waals surface area contributed by atoms with E-state index in [4.69, 9.17) is 4.74 Å². The van der Waals surface area contributed by atoms with Crippen LogP contribution in [0, 0.1) is 0 Å². The van der Waals surface area contributed by atoms with Crippen LogP contribution >= 0.6 is 0 Å². The minimum absolute atomic E-state index is 0.251. The molecule has 0 atom stereocenters. The maximum absolute atomic E-state index is 11.6. The normalized spacial score (nSPS) is 20.9. The van der Waals surface area contributed by atoms with Gasteiger partial charge in [0, 0.05) is 0 Å². The summed E-state index contributed by atoms with van der Waals surface area (Å²) in [5, 5.41) is 0. The summed E-state index contributed by atoms with van der Waals surface area (Å²) in [7, 11) is -3.69. The Balaban J connectivity index is 2.55. The third-order valence-electron chi connectivity index (χ3n) is 2.71. The second-order valence-corrected chi connectivity index (χ2v) is 6.81. The van der Waals surface area contributed by atoms with E-state index in [1.807, 2.05) is 6.92 Å². The van der Waals surface area contributed by atoms with E-state index < -0.39 is 33.2 Å².